The summed E-state index contributed by atoms with van der Waals surface area (Å²) < 4.78 is 48.4. The Hall–Kier alpha value is -3.34. The lowest BCUT2D eigenvalue weighted by molar-refractivity contribution is -0.131. The third kappa shape index (κ3) is 7.12. The van der Waals surface area contributed by atoms with Crippen molar-refractivity contribution >= 4 is 29.2 Å². The zero-order valence-electron chi connectivity index (χ0n) is 21.3. The van der Waals surface area contributed by atoms with Crippen molar-refractivity contribution in [3.8, 4) is 0 Å². The summed E-state index contributed by atoms with van der Waals surface area (Å²) >= 11 is 0. The number of alkyl halides is 2. The Labute approximate surface area is 215 Å². The summed E-state index contributed by atoms with van der Waals surface area (Å²) in [5.74, 6) is -0.868. The van der Waals surface area contributed by atoms with Gasteiger partial charge < -0.3 is 26.4 Å². The first-order valence-electron chi connectivity index (χ1n) is 12.4. The van der Waals surface area contributed by atoms with Crippen LogP contribution in [0, 0.1) is 5.82 Å². The van der Waals surface area contributed by atoms with Gasteiger partial charge in [0.05, 0.1) is 6.54 Å². The van der Waals surface area contributed by atoms with E-state index in [0.717, 1.165) is 36.9 Å². The van der Waals surface area contributed by atoms with Crippen LogP contribution in [0.25, 0.3) is 5.57 Å². The molecule has 0 atom stereocenters. The van der Waals surface area contributed by atoms with Crippen molar-refractivity contribution in [2.45, 2.75) is 51.5 Å². The predicted molar refractivity (Wildman–Crippen MR) is 139 cm³/mol. The molecule has 1 amide bonds. The first kappa shape index (κ1) is 28.2. The number of amides is 1. The Kier molecular flexibility index (Phi) is 10.1. The van der Waals surface area contributed by atoms with Crippen LogP contribution in [-0.2, 0) is 9.53 Å². The van der Waals surface area contributed by atoms with E-state index >= 15 is 4.39 Å². The zero-order valence-corrected chi connectivity index (χ0v) is 21.3. The average molecular weight is 521 g/mol. The molecule has 11 heteroatoms. The molecule has 8 nitrogen and oxygen atoms in total. The molecule has 1 saturated heterocycles. The second kappa shape index (κ2) is 13.3. The number of nitrogens with two attached hydrogens (primary N) is 2. The van der Waals surface area contributed by atoms with E-state index in [1.165, 1.54) is 13.3 Å². The lowest BCUT2D eigenvalue weighted by Crippen LogP contribution is -2.44. The Morgan fingerprint density at radius 1 is 1.32 bits per heavy atom. The first-order valence-corrected chi connectivity index (χ1v) is 12.4. The molecule has 5 N–H and O–H groups in total. The maximum Gasteiger partial charge on any atom is 0.264 e. The quantitative estimate of drug-likeness (QED) is 0.338. The van der Waals surface area contributed by atoms with Crippen LogP contribution in [0.5, 0.6) is 0 Å². The van der Waals surface area contributed by atoms with Gasteiger partial charge in [-0.15, -0.1) is 0 Å². The van der Waals surface area contributed by atoms with Gasteiger partial charge in [-0.25, -0.2) is 18.2 Å². The van der Waals surface area contributed by atoms with Crippen molar-refractivity contribution < 1.29 is 22.7 Å². The number of rotatable bonds is 9. The smallest absolute Gasteiger partial charge is 0.264 e. The standard InChI is InChI=1S/C26H35F3N6O2/c1-3-4-24(36)35-8-5-22(33-17-6-9-37-10-7-17)20(15-35)26(31)34-23-12-19(25(28)29)18(11-21(23)27)16(13-30)14-32-2/h11-14,17,25,33H,3-10,15,30H2,1-2H3,(H2,31,34). The summed E-state index contributed by atoms with van der Waals surface area (Å²) in [5.41, 5.74) is 12.6. The highest BCUT2D eigenvalue weighted by atomic mass is 19.3. The summed E-state index contributed by atoms with van der Waals surface area (Å²) in [5, 5.41) is 3.51. The van der Waals surface area contributed by atoms with Gasteiger partial charge in [0.1, 0.15) is 17.3 Å². The van der Waals surface area contributed by atoms with E-state index in [2.05, 4.69) is 15.3 Å². The molecule has 37 heavy (non-hydrogen) atoms. The van der Waals surface area contributed by atoms with Gasteiger partial charge in [-0.05, 0) is 37.0 Å². The van der Waals surface area contributed by atoms with E-state index in [4.69, 9.17) is 16.2 Å². The summed E-state index contributed by atoms with van der Waals surface area (Å²) in [4.78, 5) is 22.3. The molecule has 0 spiro atoms. The van der Waals surface area contributed by atoms with E-state index in [0.29, 0.717) is 44.6 Å². The van der Waals surface area contributed by atoms with Gasteiger partial charge in [0, 0.05) is 80.5 Å². The maximum atomic E-state index is 15.1. The van der Waals surface area contributed by atoms with Crippen LogP contribution in [0.15, 0.2) is 39.6 Å². The molecule has 0 radical (unpaired) electrons. The SMILES string of the molecule is CCCC(=O)N1CCC(NC2CCOCC2)=C(C(N)=Nc2cc(C(F)F)c(C(C=NC)=CN)cc2F)C1. The van der Waals surface area contributed by atoms with Crippen molar-refractivity contribution in [3.63, 3.8) is 0 Å². The van der Waals surface area contributed by atoms with E-state index in [1.54, 1.807) is 4.90 Å². The monoisotopic (exact) mass is 520 g/mol. The van der Waals surface area contributed by atoms with Crippen molar-refractivity contribution in [2.24, 2.45) is 21.5 Å². The van der Waals surface area contributed by atoms with Crippen molar-refractivity contribution in [1.82, 2.24) is 10.2 Å². The van der Waals surface area contributed by atoms with Crippen LogP contribution in [0.4, 0.5) is 18.9 Å². The van der Waals surface area contributed by atoms with Gasteiger partial charge in [0.2, 0.25) is 5.91 Å². The minimum Gasteiger partial charge on any atom is -0.404 e. The number of halogens is 3. The fourth-order valence-electron chi connectivity index (χ4n) is 4.46. The van der Waals surface area contributed by atoms with Crippen molar-refractivity contribution in [1.29, 1.82) is 0 Å². The molecule has 1 aromatic carbocycles. The largest absolute Gasteiger partial charge is 0.404 e. The van der Waals surface area contributed by atoms with Gasteiger partial charge in [0.15, 0.2) is 0 Å². The average Bonchev–Trinajstić information content (AvgIpc) is 2.89. The topological polar surface area (TPSA) is 118 Å². The highest BCUT2D eigenvalue weighted by Gasteiger charge is 2.27. The third-order valence-corrected chi connectivity index (χ3v) is 6.42. The van der Waals surface area contributed by atoms with Crippen LogP contribution >= 0.6 is 0 Å². The molecular weight excluding hydrogens is 485 g/mol. The number of amidine groups is 1. The van der Waals surface area contributed by atoms with Crippen LogP contribution in [0.2, 0.25) is 0 Å². The summed E-state index contributed by atoms with van der Waals surface area (Å²) in [7, 11) is 1.46. The Morgan fingerprint density at radius 2 is 2.05 bits per heavy atom. The molecule has 0 aliphatic carbocycles. The van der Waals surface area contributed by atoms with Gasteiger partial charge in [-0.1, -0.05) is 6.92 Å². The van der Waals surface area contributed by atoms with Crippen molar-refractivity contribution in [3.05, 3.63) is 46.5 Å². The van der Waals surface area contributed by atoms with Crippen LogP contribution in [-0.4, -0.2) is 62.3 Å². The molecule has 0 aromatic heterocycles. The number of hydrogen-bond donors (Lipinski definition) is 3. The molecule has 2 aliphatic rings. The Morgan fingerprint density at radius 3 is 2.68 bits per heavy atom. The molecule has 2 heterocycles. The molecule has 2 aliphatic heterocycles. The molecule has 1 aromatic rings. The highest BCUT2D eigenvalue weighted by Crippen LogP contribution is 2.33. The number of benzene rings is 1. The lowest BCUT2D eigenvalue weighted by Gasteiger charge is -2.34. The number of nitrogens with one attached hydrogen (secondary N) is 1. The lowest BCUT2D eigenvalue weighted by atomic mass is 9.99. The summed E-state index contributed by atoms with van der Waals surface area (Å²) in [6.45, 7) is 3.93. The predicted octanol–water partition coefficient (Wildman–Crippen LogP) is 3.81. The van der Waals surface area contributed by atoms with Gasteiger partial charge in [-0.2, -0.15) is 0 Å². The molecular formula is C26H35F3N6O2. The number of hydrogen-bond acceptors (Lipinski definition) is 6. The maximum absolute atomic E-state index is 15.1. The van der Waals surface area contributed by atoms with Crippen LogP contribution in [0.3, 0.4) is 0 Å². The minimum atomic E-state index is -2.91. The highest BCUT2D eigenvalue weighted by molar-refractivity contribution is 6.10. The molecule has 202 valence electrons. The number of allylic oxidation sites excluding steroid dienone is 1. The van der Waals surface area contributed by atoms with Crippen molar-refractivity contribution in [2.75, 3.05) is 33.4 Å². The van der Waals surface area contributed by atoms with Crippen LogP contribution < -0.4 is 16.8 Å². The number of nitrogens with zero attached hydrogens (tertiary/aromatic N) is 3. The second-order valence-corrected chi connectivity index (χ2v) is 9.00. The van der Waals surface area contributed by atoms with E-state index in [9.17, 15) is 13.6 Å². The normalized spacial score (nSPS) is 18.3. The number of carbonyl (C=O) groups excluding carboxylic acids is 1. The summed E-state index contributed by atoms with van der Waals surface area (Å²) in [6, 6.07) is 2.11. The number of carbonyl (C=O) groups is 1. The fourth-order valence-corrected chi connectivity index (χ4v) is 4.46. The number of ether oxygens (including phenoxy) is 1. The molecule has 0 unspecified atom stereocenters. The summed E-state index contributed by atoms with van der Waals surface area (Å²) in [6.07, 6.45) is 2.74. The minimum absolute atomic E-state index is 0.00729. The zero-order chi connectivity index (χ0) is 26.9. The second-order valence-electron chi connectivity index (χ2n) is 9.00. The Bertz CT molecular complexity index is 1090. The first-order chi connectivity index (χ1) is 17.8. The Balaban J connectivity index is 2.02. The molecule has 1 fully saturated rings. The third-order valence-electron chi connectivity index (χ3n) is 6.42. The van der Waals surface area contributed by atoms with Gasteiger partial charge >= 0.3 is 0 Å². The fraction of sp³-hybridized carbons (Fsp3) is 0.500. The number of aliphatic imine (C=N–C) groups is 2. The molecule has 0 bridgehead atoms. The molecule has 3 rings (SSSR count). The molecule has 0 saturated carbocycles. The van der Waals surface area contributed by atoms with E-state index in [-0.39, 0.29) is 41.2 Å². The van der Waals surface area contributed by atoms with Gasteiger partial charge in [0.25, 0.3) is 6.43 Å². The van der Waals surface area contributed by atoms with Gasteiger partial charge in [-0.3, -0.25) is 9.79 Å². The van der Waals surface area contributed by atoms with Crippen LogP contribution in [0.1, 0.15) is 56.6 Å². The van der Waals surface area contributed by atoms with E-state index in [1.807, 2.05) is 6.92 Å². The van der Waals surface area contributed by atoms with E-state index < -0.39 is 17.8 Å².